The SMILES string of the molecule is CC(C)CCCCCCCCCCNC(=O)NCCCCCCCCCCC(C)C. The third kappa shape index (κ3) is 25.3. The van der Waals surface area contributed by atoms with Gasteiger partial charge in [-0.2, -0.15) is 0 Å². The van der Waals surface area contributed by atoms with Gasteiger partial charge >= 0.3 is 6.03 Å². The number of carbonyl (C=O) groups is 1. The lowest BCUT2D eigenvalue weighted by molar-refractivity contribution is 0.240. The third-order valence-electron chi connectivity index (χ3n) is 5.99. The largest absolute Gasteiger partial charge is 0.338 e. The summed E-state index contributed by atoms with van der Waals surface area (Å²) in [5, 5.41) is 6.00. The van der Waals surface area contributed by atoms with E-state index in [9.17, 15) is 4.79 Å². The molecule has 0 aliphatic rings. The summed E-state index contributed by atoms with van der Waals surface area (Å²) < 4.78 is 0. The third-order valence-corrected chi connectivity index (χ3v) is 5.99. The van der Waals surface area contributed by atoms with Crippen LogP contribution in [0.15, 0.2) is 0 Å². The Bertz CT molecular complexity index is 323. The zero-order valence-corrected chi connectivity index (χ0v) is 21.2. The van der Waals surface area contributed by atoms with Gasteiger partial charge in [-0.15, -0.1) is 0 Å². The van der Waals surface area contributed by atoms with E-state index in [4.69, 9.17) is 0 Å². The van der Waals surface area contributed by atoms with Gasteiger partial charge in [-0.05, 0) is 24.7 Å². The monoisotopic (exact) mass is 424 g/mol. The molecule has 0 aromatic rings. The van der Waals surface area contributed by atoms with Crippen LogP contribution in [0.4, 0.5) is 4.79 Å². The van der Waals surface area contributed by atoms with Crippen molar-refractivity contribution < 1.29 is 4.79 Å². The Hall–Kier alpha value is -0.730. The highest BCUT2D eigenvalue weighted by Crippen LogP contribution is 2.13. The minimum Gasteiger partial charge on any atom is -0.338 e. The highest BCUT2D eigenvalue weighted by atomic mass is 16.2. The van der Waals surface area contributed by atoms with Crippen molar-refractivity contribution in [1.29, 1.82) is 0 Å². The maximum absolute atomic E-state index is 11.8. The van der Waals surface area contributed by atoms with Crippen LogP contribution in [-0.4, -0.2) is 19.1 Å². The summed E-state index contributed by atoms with van der Waals surface area (Å²) in [5.41, 5.74) is 0. The lowest BCUT2D eigenvalue weighted by atomic mass is 10.0. The van der Waals surface area contributed by atoms with Crippen LogP contribution in [0.2, 0.25) is 0 Å². The zero-order chi connectivity index (χ0) is 22.3. The first-order valence-corrected chi connectivity index (χ1v) is 13.5. The van der Waals surface area contributed by atoms with Crippen LogP contribution in [0.25, 0.3) is 0 Å². The Morgan fingerprint density at radius 2 is 0.733 bits per heavy atom. The minimum atomic E-state index is 0.0188. The van der Waals surface area contributed by atoms with Crippen LogP contribution in [0.1, 0.15) is 143 Å². The number of hydrogen-bond acceptors (Lipinski definition) is 1. The van der Waals surface area contributed by atoms with Gasteiger partial charge in [-0.1, -0.05) is 130 Å². The van der Waals surface area contributed by atoms with E-state index in [0.29, 0.717) is 0 Å². The topological polar surface area (TPSA) is 41.1 Å². The molecule has 0 aromatic carbocycles. The summed E-state index contributed by atoms with van der Waals surface area (Å²) >= 11 is 0. The number of unbranched alkanes of at least 4 members (excludes halogenated alkanes) is 14. The lowest BCUT2D eigenvalue weighted by Crippen LogP contribution is -2.36. The molecule has 2 N–H and O–H groups in total. The Morgan fingerprint density at radius 3 is 1.03 bits per heavy atom. The molecular weight excluding hydrogens is 368 g/mol. The molecule has 0 unspecified atom stereocenters. The Kier molecular flexibility index (Phi) is 22.4. The molecule has 0 aliphatic carbocycles. The average Bonchev–Trinajstić information content (AvgIpc) is 2.69. The van der Waals surface area contributed by atoms with Crippen molar-refractivity contribution in [2.45, 2.75) is 143 Å². The molecule has 3 nitrogen and oxygen atoms in total. The molecule has 0 radical (unpaired) electrons. The molecule has 0 spiro atoms. The van der Waals surface area contributed by atoms with Crippen molar-refractivity contribution in [2.75, 3.05) is 13.1 Å². The molecule has 0 aliphatic heterocycles. The summed E-state index contributed by atoms with van der Waals surface area (Å²) in [4.78, 5) is 11.8. The second kappa shape index (κ2) is 22.9. The number of rotatable bonds is 22. The molecule has 0 heterocycles. The fourth-order valence-corrected chi connectivity index (χ4v) is 3.94. The number of amides is 2. The number of hydrogen-bond donors (Lipinski definition) is 2. The van der Waals surface area contributed by atoms with E-state index < -0.39 is 0 Å². The minimum absolute atomic E-state index is 0.0188. The molecule has 0 saturated heterocycles. The Labute approximate surface area is 189 Å². The van der Waals surface area contributed by atoms with E-state index in [1.165, 1.54) is 103 Å². The van der Waals surface area contributed by atoms with Crippen LogP contribution < -0.4 is 10.6 Å². The standard InChI is InChI=1S/C27H56N2O/c1-25(2)21-17-13-9-5-7-11-15-19-23-28-27(30)29-24-20-16-12-8-6-10-14-18-22-26(3)4/h25-26H,5-24H2,1-4H3,(H2,28,29,30). The van der Waals surface area contributed by atoms with E-state index >= 15 is 0 Å². The van der Waals surface area contributed by atoms with Crippen molar-refractivity contribution in [3.63, 3.8) is 0 Å². The van der Waals surface area contributed by atoms with Gasteiger partial charge in [0.05, 0.1) is 0 Å². The first-order chi connectivity index (χ1) is 14.5. The van der Waals surface area contributed by atoms with Gasteiger partial charge in [0.25, 0.3) is 0 Å². The fourth-order valence-electron chi connectivity index (χ4n) is 3.94. The number of nitrogens with one attached hydrogen (secondary N) is 2. The second-order valence-electron chi connectivity index (χ2n) is 10.2. The molecule has 30 heavy (non-hydrogen) atoms. The van der Waals surface area contributed by atoms with Gasteiger partial charge in [0.15, 0.2) is 0 Å². The number of urea groups is 1. The van der Waals surface area contributed by atoms with Crippen LogP contribution in [0, 0.1) is 11.8 Å². The van der Waals surface area contributed by atoms with Gasteiger partial charge in [0, 0.05) is 13.1 Å². The van der Waals surface area contributed by atoms with Crippen LogP contribution >= 0.6 is 0 Å². The van der Waals surface area contributed by atoms with Crippen molar-refractivity contribution in [3.05, 3.63) is 0 Å². The molecule has 0 atom stereocenters. The maximum Gasteiger partial charge on any atom is 0.314 e. The van der Waals surface area contributed by atoms with Gasteiger partial charge in [-0.3, -0.25) is 0 Å². The van der Waals surface area contributed by atoms with Crippen molar-refractivity contribution >= 4 is 6.03 Å². The number of carbonyl (C=O) groups excluding carboxylic acids is 1. The quantitative estimate of drug-likeness (QED) is 0.168. The highest BCUT2D eigenvalue weighted by Gasteiger charge is 2.00. The summed E-state index contributed by atoms with van der Waals surface area (Å²) in [6, 6.07) is 0.0188. The summed E-state index contributed by atoms with van der Waals surface area (Å²) in [6.45, 7) is 10.9. The normalized spacial score (nSPS) is 11.4. The van der Waals surface area contributed by atoms with E-state index in [-0.39, 0.29) is 6.03 Å². The zero-order valence-electron chi connectivity index (χ0n) is 21.2. The van der Waals surface area contributed by atoms with E-state index in [2.05, 4.69) is 38.3 Å². The van der Waals surface area contributed by atoms with E-state index in [1.807, 2.05) is 0 Å². The molecule has 2 amide bonds. The smallest absolute Gasteiger partial charge is 0.314 e. The molecule has 0 rings (SSSR count). The first-order valence-electron chi connectivity index (χ1n) is 13.5. The van der Waals surface area contributed by atoms with Crippen molar-refractivity contribution in [3.8, 4) is 0 Å². The Morgan fingerprint density at radius 1 is 0.467 bits per heavy atom. The van der Waals surface area contributed by atoms with Crippen LogP contribution in [0.5, 0.6) is 0 Å². The van der Waals surface area contributed by atoms with E-state index in [1.54, 1.807) is 0 Å². The van der Waals surface area contributed by atoms with Gasteiger partial charge < -0.3 is 10.6 Å². The predicted octanol–water partition coefficient (Wildman–Crippen LogP) is 8.62. The molecule has 3 heteroatoms. The van der Waals surface area contributed by atoms with Crippen molar-refractivity contribution in [2.24, 2.45) is 11.8 Å². The maximum atomic E-state index is 11.8. The highest BCUT2D eigenvalue weighted by molar-refractivity contribution is 5.73. The molecule has 0 aromatic heterocycles. The molecular formula is C27H56N2O. The van der Waals surface area contributed by atoms with Gasteiger partial charge in [0.1, 0.15) is 0 Å². The first kappa shape index (κ1) is 29.3. The molecule has 0 bridgehead atoms. The summed E-state index contributed by atoms with van der Waals surface area (Å²) in [6.07, 6.45) is 23.9. The molecule has 0 saturated carbocycles. The Balaban J connectivity index is 3.17. The van der Waals surface area contributed by atoms with Crippen LogP contribution in [0.3, 0.4) is 0 Å². The fraction of sp³-hybridized carbons (Fsp3) is 0.963. The van der Waals surface area contributed by atoms with E-state index in [0.717, 1.165) is 37.8 Å². The second-order valence-corrected chi connectivity index (χ2v) is 10.2. The average molecular weight is 425 g/mol. The van der Waals surface area contributed by atoms with Crippen LogP contribution in [-0.2, 0) is 0 Å². The molecule has 180 valence electrons. The summed E-state index contributed by atoms with van der Waals surface area (Å²) in [5.74, 6) is 1.71. The van der Waals surface area contributed by atoms with Gasteiger partial charge in [-0.25, -0.2) is 4.79 Å². The lowest BCUT2D eigenvalue weighted by Gasteiger charge is -2.08. The predicted molar refractivity (Wildman–Crippen MR) is 134 cm³/mol. The van der Waals surface area contributed by atoms with Gasteiger partial charge in [0.2, 0.25) is 0 Å². The molecule has 0 fully saturated rings. The van der Waals surface area contributed by atoms with Crippen molar-refractivity contribution in [1.82, 2.24) is 10.6 Å². The summed E-state index contributed by atoms with van der Waals surface area (Å²) in [7, 11) is 0.